The highest BCUT2D eigenvalue weighted by atomic mass is 28.3. The maximum absolute atomic E-state index is 9.71. The van der Waals surface area contributed by atoms with E-state index >= 15 is 0 Å². The predicted molar refractivity (Wildman–Crippen MR) is 123 cm³/mol. The Morgan fingerprint density at radius 1 is 0.964 bits per heavy atom. The highest BCUT2D eigenvalue weighted by Crippen LogP contribution is 2.40. The molecule has 0 saturated carbocycles. The topological polar surface area (TPSA) is 42.4 Å². The molecule has 1 atom stereocenters. The molecule has 0 spiro atoms. The van der Waals surface area contributed by atoms with E-state index in [-0.39, 0.29) is 11.3 Å². The zero-order valence-corrected chi connectivity index (χ0v) is 19.7. The Labute approximate surface area is 173 Å². The Hall–Kier alpha value is -1.39. The summed E-state index contributed by atoms with van der Waals surface area (Å²) in [5.74, 6) is 0.601. The Bertz CT molecular complexity index is 724. The summed E-state index contributed by atoms with van der Waals surface area (Å²) >= 11 is 0. The van der Waals surface area contributed by atoms with Gasteiger partial charge in [0.15, 0.2) is 9.04 Å². The summed E-state index contributed by atoms with van der Waals surface area (Å²) in [6.07, 6.45) is 8.93. The Morgan fingerprint density at radius 2 is 1.61 bits per heavy atom. The first kappa shape index (κ1) is 22.9. The fourth-order valence-corrected chi connectivity index (χ4v) is 4.55. The molecular formula is C24H39NO2Si. The number of rotatable bonds is 11. The van der Waals surface area contributed by atoms with Gasteiger partial charge < -0.3 is 9.53 Å². The van der Waals surface area contributed by atoms with Crippen molar-refractivity contribution in [1.29, 1.82) is 0 Å². The minimum Gasteiger partial charge on any atom is -0.493 e. The van der Waals surface area contributed by atoms with E-state index in [1.165, 1.54) is 50.5 Å². The van der Waals surface area contributed by atoms with E-state index in [0.29, 0.717) is 5.92 Å². The second kappa shape index (κ2) is 11.0. The molecule has 0 radical (unpaired) electrons. The van der Waals surface area contributed by atoms with Crippen LogP contribution in [-0.2, 0) is 4.43 Å². The van der Waals surface area contributed by atoms with Gasteiger partial charge in [-0.25, -0.2) is 4.98 Å². The minimum atomic E-state index is -0.836. The van der Waals surface area contributed by atoms with Crippen LogP contribution in [-0.4, -0.2) is 25.7 Å². The maximum atomic E-state index is 9.71. The molecule has 0 amide bonds. The normalized spacial score (nSPS) is 13.4. The maximum Gasteiger partial charge on any atom is 0.211 e. The van der Waals surface area contributed by atoms with Crippen LogP contribution in [0.4, 0.5) is 0 Å². The number of hydrogen-bond acceptors (Lipinski definition) is 3. The summed E-state index contributed by atoms with van der Waals surface area (Å²) in [6.45, 7) is 12.4. The summed E-state index contributed by atoms with van der Waals surface area (Å²) in [5.41, 5.74) is 2.44. The van der Waals surface area contributed by atoms with Crippen LogP contribution in [0.2, 0.25) is 13.1 Å². The lowest BCUT2D eigenvalue weighted by Crippen LogP contribution is -2.18. The van der Waals surface area contributed by atoms with Crippen LogP contribution in [0, 0.1) is 5.41 Å². The molecule has 1 aromatic heterocycles. The number of aromatic nitrogens is 1. The quantitative estimate of drug-likeness (QED) is 0.332. The largest absolute Gasteiger partial charge is 0.493 e. The van der Waals surface area contributed by atoms with Crippen molar-refractivity contribution in [3.8, 4) is 5.88 Å². The monoisotopic (exact) mass is 401 g/mol. The van der Waals surface area contributed by atoms with Gasteiger partial charge in [-0.2, -0.15) is 0 Å². The molecule has 2 rings (SSSR count). The first-order valence-electron chi connectivity index (χ1n) is 11.0. The molecule has 0 aliphatic heterocycles. The number of fused-ring (bicyclic) bond motifs is 1. The predicted octanol–water partition coefficient (Wildman–Crippen LogP) is 6.80. The van der Waals surface area contributed by atoms with Crippen molar-refractivity contribution in [2.24, 2.45) is 5.41 Å². The van der Waals surface area contributed by atoms with Crippen molar-refractivity contribution >= 4 is 19.9 Å². The van der Waals surface area contributed by atoms with E-state index in [1.54, 1.807) is 6.07 Å². The third kappa shape index (κ3) is 7.55. The molecule has 0 fully saturated rings. The van der Waals surface area contributed by atoms with E-state index in [0.717, 1.165) is 17.5 Å². The van der Waals surface area contributed by atoms with Crippen LogP contribution in [0.3, 0.4) is 0 Å². The smallest absolute Gasteiger partial charge is 0.211 e. The van der Waals surface area contributed by atoms with E-state index in [4.69, 9.17) is 4.43 Å². The number of unbranched alkanes of at least 4 members (excludes halogenated alkanes) is 5. The van der Waals surface area contributed by atoms with E-state index in [2.05, 4.69) is 57.0 Å². The molecule has 2 aromatic rings. The van der Waals surface area contributed by atoms with Gasteiger partial charge in [-0.05, 0) is 55.0 Å². The molecule has 1 N–H and O–H groups in total. The van der Waals surface area contributed by atoms with Crippen LogP contribution >= 0.6 is 0 Å². The number of aromatic hydroxyl groups is 1. The molecule has 1 heterocycles. The lowest BCUT2D eigenvalue weighted by molar-refractivity contribution is 0.295. The molecule has 0 aliphatic rings. The van der Waals surface area contributed by atoms with Gasteiger partial charge in [0, 0.05) is 18.1 Å². The van der Waals surface area contributed by atoms with Crippen molar-refractivity contribution in [1.82, 2.24) is 4.98 Å². The number of benzene rings is 1. The Balaban J connectivity index is 1.84. The summed E-state index contributed by atoms with van der Waals surface area (Å²) in [4.78, 5) is 4.30. The van der Waals surface area contributed by atoms with Crippen molar-refractivity contribution in [2.45, 2.75) is 84.7 Å². The van der Waals surface area contributed by atoms with E-state index in [1.807, 2.05) is 6.07 Å². The van der Waals surface area contributed by atoms with E-state index < -0.39 is 9.04 Å². The van der Waals surface area contributed by atoms with Gasteiger partial charge in [-0.15, -0.1) is 0 Å². The number of hydrogen-bond donors (Lipinski definition) is 1. The average Bonchev–Trinajstić information content (AvgIpc) is 2.61. The molecular weight excluding hydrogens is 362 g/mol. The first-order chi connectivity index (χ1) is 13.3. The Morgan fingerprint density at radius 3 is 2.29 bits per heavy atom. The van der Waals surface area contributed by atoms with Crippen molar-refractivity contribution in [3.05, 3.63) is 35.9 Å². The fraction of sp³-hybridized carbons (Fsp3) is 0.625. The highest BCUT2D eigenvalue weighted by Gasteiger charge is 2.26. The molecule has 0 saturated heterocycles. The zero-order chi connectivity index (χ0) is 20.6. The summed E-state index contributed by atoms with van der Waals surface area (Å²) < 4.78 is 5.74. The lowest BCUT2D eigenvalue weighted by Gasteiger charge is -2.31. The van der Waals surface area contributed by atoms with Gasteiger partial charge in [0.05, 0.1) is 5.52 Å². The fourth-order valence-electron chi connectivity index (χ4n) is 3.92. The van der Waals surface area contributed by atoms with E-state index in [9.17, 15) is 5.11 Å². The van der Waals surface area contributed by atoms with Crippen LogP contribution in [0.15, 0.2) is 30.3 Å². The number of pyridine rings is 1. The van der Waals surface area contributed by atoms with Crippen molar-refractivity contribution < 1.29 is 9.53 Å². The first-order valence-corrected chi connectivity index (χ1v) is 13.8. The Kier molecular flexibility index (Phi) is 8.96. The number of nitrogens with zero attached hydrogens (tertiary/aromatic N) is 1. The molecule has 3 nitrogen and oxygen atoms in total. The van der Waals surface area contributed by atoms with Gasteiger partial charge in [0.2, 0.25) is 5.88 Å². The van der Waals surface area contributed by atoms with Gasteiger partial charge in [0.25, 0.3) is 0 Å². The van der Waals surface area contributed by atoms with Gasteiger partial charge in [-0.1, -0.05) is 65.0 Å². The summed E-state index contributed by atoms with van der Waals surface area (Å²) in [7, 11) is -0.836. The van der Waals surface area contributed by atoms with Crippen LogP contribution < -0.4 is 0 Å². The highest BCUT2D eigenvalue weighted by molar-refractivity contribution is 6.48. The van der Waals surface area contributed by atoms with Crippen molar-refractivity contribution in [2.75, 3.05) is 6.61 Å². The third-order valence-electron chi connectivity index (χ3n) is 5.49. The van der Waals surface area contributed by atoms with Gasteiger partial charge in [-0.3, -0.25) is 0 Å². The SMILES string of the molecule is C[SiH](C)OCCCCCCCCC(c1ccc2ccc(O)nc2c1)C(C)(C)C. The van der Waals surface area contributed by atoms with Crippen LogP contribution in [0.5, 0.6) is 5.88 Å². The molecule has 156 valence electrons. The minimum absolute atomic E-state index is 0.0955. The standard InChI is InChI=1S/C24H39NO2Si/c1-24(2,3)21(12-10-8-6-7-9-11-17-27-28(4)5)20-14-13-19-15-16-23(26)25-22(19)18-20/h13-16,18,21,28H,6-12,17H2,1-5H3,(H,25,26). The van der Waals surface area contributed by atoms with Gasteiger partial charge in [0.1, 0.15) is 0 Å². The average molecular weight is 402 g/mol. The molecule has 0 bridgehead atoms. The second-order valence-electron chi connectivity index (χ2n) is 9.37. The molecule has 1 unspecified atom stereocenters. The van der Waals surface area contributed by atoms with Gasteiger partial charge >= 0.3 is 0 Å². The summed E-state index contributed by atoms with van der Waals surface area (Å²) in [5, 5.41) is 10.8. The molecule has 28 heavy (non-hydrogen) atoms. The van der Waals surface area contributed by atoms with Crippen LogP contribution in [0.1, 0.15) is 77.2 Å². The van der Waals surface area contributed by atoms with Crippen LogP contribution in [0.25, 0.3) is 10.9 Å². The third-order valence-corrected chi connectivity index (χ3v) is 6.39. The lowest BCUT2D eigenvalue weighted by atomic mass is 9.73. The zero-order valence-electron chi connectivity index (χ0n) is 18.5. The molecule has 1 aromatic carbocycles. The second-order valence-corrected chi connectivity index (χ2v) is 11.8. The van der Waals surface area contributed by atoms with Crippen molar-refractivity contribution in [3.63, 3.8) is 0 Å². The molecule has 0 aliphatic carbocycles. The molecule has 4 heteroatoms. The summed E-state index contributed by atoms with van der Waals surface area (Å²) in [6, 6.07) is 10.1.